The number of hydrogen-bond donors (Lipinski definition) is 4. The van der Waals surface area contributed by atoms with E-state index in [0.717, 1.165) is 11.3 Å². The lowest BCUT2D eigenvalue weighted by molar-refractivity contribution is -0.118. The highest BCUT2D eigenvalue weighted by molar-refractivity contribution is 5.84. The van der Waals surface area contributed by atoms with Crippen LogP contribution in [0, 0.1) is 6.92 Å². The Balaban J connectivity index is 2.32. The summed E-state index contributed by atoms with van der Waals surface area (Å²) >= 11 is 0. The normalized spacial score (nSPS) is 11.8. The Bertz CT molecular complexity index is 641. The number of phenolic OH excluding ortho intramolecular Hbond substituents is 2. The summed E-state index contributed by atoms with van der Waals surface area (Å²) in [7, 11) is 0. The van der Waals surface area contributed by atoms with Gasteiger partial charge in [-0.2, -0.15) is 0 Å². The molecule has 0 aliphatic rings. The number of amides is 1. The highest BCUT2D eigenvalue weighted by Gasteiger charge is 2.19. The van der Waals surface area contributed by atoms with Crippen molar-refractivity contribution in [1.29, 1.82) is 0 Å². The van der Waals surface area contributed by atoms with Gasteiger partial charge in [0.25, 0.3) is 0 Å². The average molecular weight is 272 g/mol. The molecule has 5 heteroatoms. The zero-order valence-corrected chi connectivity index (χ0v) is 11.0. The molecule has 0 heterocycles. The van der Waals surface area contributed by atoms with Gasteiger partial charge in [-0.25, -0.2) is 0 Å². The predicted octanol–water partition coefficient (Wildman–Crippen LogP) is 2.04. The van der Waals surface area contributed by atoms with Crippen molar-refractivity contribution in [3.05, 3.63) is 53.6 Å². The van der Waals surface area contributed by atoms with Crippen LogP contribution in [0.3, 0.4) is 0 Å². The lowest BCUT2D eigenvalue weighted by Crippen LogP contribution is -2.27. The van der Waals surface area contributed by atoms with E-state index < -0.39 is 11.9 Å². The molecule has 2 rings (SSSR count). The third-order valence-corrected chi connectivity index (χ3v) is 2.95. The second-order valence-electron chi connectivity index (χ2n) is 4.60. The number of aryl methyl sites for hydroxylation is 1. The highest BCUT2D eigenvalue weighted by Crippen LogP contribution is 2.29. The van der Waals surface area contributed by atoms with E-state index in [-0.39, 0.29) is 11.5 Å². The maximum Gasteiger partial charge on any atom is 0.244 e. The fourth-order valence-corrected chi connectivity index (χ4v) is 1.94. The van der Waals surface area contributed by atoms with Crippen molar-refractivity contribution in [1.82, 2.24) is 0 Å². The van der Waals surface area contributed by atoms with E-state index in [1.54, 1.807) is 0 Å². The first-order chi connectivity index (χ1) is 9.47. The van der Waals surface area contributed by atoms with Gasteiger partial charge in [-0.3, -0.25) is 4.79 Å². The SMILES string of the molecule is Cc1cccc(NC(C(N)=O)c2ccc(O)c(O)c2)c1. The molecule has 0 aliphatic heterocycles. The Hall–Kier alpha value is -2.69. The van der Waals surface area contributed by atoms with Crippen LogP contribution in [0.2, 0.25) is 0 Å². The molecule has 1 unspecified atom stereocenters. The first kappa shape index (κ1) is 13.7. The van der Waals surface area contributed by atoms with Gasteiger partial charge in [0.15, 0.2) is 11.5 Å². The van der Waals surface area contributed by atoms with Gasteiger partial charge in [-0.05, 0) is 42.3 Å². The highest BCUT2D eigenvalue weighted by atomic mass is 16.3. The van der Waals surface area contributed by atoms with Crippen molar-refractivity contribution in [2.75, 3.05) is 5.32 Å². The van der Waals surface area contributed by atoms with Crippen molar-refractivity contribution >= 4 is 11.6 Å². The summed E-state index contributed by atoms with van der Waals surface area (Å²) in [6.07, 6.45) is 0. The van der Waals surface area contributed by atoms with Crippen molar-refractivity contribution in [3.63, 3.8) is 0 Å². The van der Waals surface area contributed by atoms with Gasteiger partial charge in [-0.15, -0.1) is 0 Å². The van der Waals surface area contributed by atoms with Gasteiger partial charge in [0.1, 0.15) is 6.04 Å². The van der Waals surface area contributed by atoms with Gasteiger partial charge in [0.2, 0.25) is 5.91 Å². The molecule has 2 aromatic carbocycles. The predicted molar refractivity (Wildman–Crippen MR) is 76.5 cm³/mol. The number of nitrogens with one attached hydrogen (secondary N) is 1. The molecule has 2 aromatic rings. The number of carbonyl (C=O) groups is 1. The van der Waals surface area contributed by atoms with Crippen molar-refractivity contribution in [3.8, 4) is 11.5 Å². The number of nitrogens with two attached hydrogens (primary N) is 1. The molecule has 0 fully saturated rings. The monoisotopic (exact) mass is 272 g/mol. The van der Waals surface area contributed by atoms with Gasteiger partial charge in [0.05, 0.1) is 0 Å². The number of aromatic hydroxyl groups is 2. The number of anilines is 1. The molecule has 0 radical (unpaired) electrons. The maximum absolute atomic E-state index is 11.6. The van der Waals surface area contributed by atoms with Crippen LogP contribution in [-0.4, -0.2) is 16.1 Å². The van der Waals surface area contributed by atoms with Crippen LogP contribution in [0.15, 0.2) is 42.5 Å². The molecule has 5 nitrogen and oxygen atoms in total. The summed E-state index contributed by atoms with van der Waals surface area (Å²) in [6, 6.07) is 10.9. The second kappa shape index (κ2) is 5.52. The van der Waals surface area contributed by atoms with Gasteiger partial charge in [-0.1, -0.05) is 18.2 Å². The van der Waals surface area contributed by atoms with E-state index >= 15 is 0 Å². The minimum absolute atomic E-state index is 0.243. The van der Waals surface area contributed by atoms with Crippen molar-refractivity contribution in [2.24, 2.45) is 5.73 Å². The number of carbonyl (C=O) groups excluding carboxylic acids is 1. The van der Waals surface area contributed by atoms with Gasteiger partial charge >= 0.3 is 0 Å². The molecule has 0 saturated heterocycles. The molecule has 20 heavy (non-hydrogen) atoms. The van der Waals surface area contributed by atoms with E-state index in [1.807, 2.05) is 31.2 Å². The summed E-state index contributed by atoms with van der Waals surface area (Å²) in [5.41, 5.74) is 7.68. The molecular formula is C15H16N2O3. The molecule has 5 N–H and O–H groups in total. The number of benzene rings is 2. The van der Waals surface area contributed by atoms with Gasteiger partial charge in [0, 0.05) is 5.69 Å². The zero-order valence-electron chi connectivity index (χ0n) is 11.0. The Morgan fingerprint density at radius 2 is 1.90 bits per heavy atom. The Morgan fingerprint density at radius 3 is 2.50 bits per heavy atom. The van der Waals surface area contributed by atoms with Gasteiger partial charge < -0.3 is 21.3 Å². The van der Waals surface area contributed by atoms with Crippen LogP contribution in [0.1, 0.15) is 17.2 Å². The largest absolute Gasteiger partial charge is 0.504 e. The van der Waals surface area contributed by atoms with Crippen LogP contribution in [0.4, 0.5) is 5.69 Å². The number of phenols is 2. The minimum Gasteiger partial charge on any atom is -0.504 e. The van der Waals surface area contributed by atoms with E-state index in [2.05, 4.69) is 5.32 Å². The quantitative estimate of drug-likeness (QED) is 0.640. The minimum atomic E-state index is -0.789. The van der Waals surface area contributed by atoms with Crippen molar-refractivity contribution < 1.29 is 15.0 Å². The average Bonchev–Trinajstić information content (AvgIpc) is 2.39. The molecule has 0 saturated carbocycles. The standard InChI is InChI=1S/C15H16N2O3/c1-9-3-2-4-11(7-9)17-14(15(16)20)10-5-6-12(18)13(19)8-10/h2-8,14,17-19H,1H3,(H2,16,20). The van der Waals surface area contributed by atoms with Crippen molar-refractivity contribution in [2.45, 2.75) is 13.0 Å². The van der Waals surface area contributed by atoms with E-state index in [0.29, 0.717) is 5.56 Å². The molecule has 0 spiro atoms. The Morgan fingerprint density at radius 1 is 1.15 bits per heavy atom. The molecule has 104 valence electrons. The lowest BCUT2D eigenvalue weighted by Gasteiger charge is -2.18. The summed E-state index contributed by atoms with van der Waals surface area (Å²) in [5, 5.41) is 21.8. The van der Waals surface area contributed by atoms with Crippen LogP contribution in [-0.2, 0) is 4.79 Å². The topological polar surface area (TPSA) is 95.6 Å². The molecule has 0 bridgehead atoms. The van der Waals surface area contributed by atoms with E-state index in [4.69, 9.17) is 5.73 Å². The maximum atomic E-state index is 11.6. The fraction of sp³-hybridized carbons (Fsp3) is 0.133. The third kappa shape index (κ3) is 3.00. The van der Waals surface area contributed by atoms with Crippen LogP contribution in [0.25, 0.3) is 0 Å². The smallest absolute Gasteiger partial charge is 0.244 e. The zero-order chi connectivity index (χ0) is 14.7. The number of rotatable bonds is 4. The van der Waals surface area contributed by atoms with E-state index in [9.17, 15) is 15.0 Å². The summed E-state index contributed by atoms with van der Waals surface area (Å²) in [6.45, 7) is 1.94. The van der Waals surface area contributed by atoms with E-state index in [1.165, 1.54) is 18.2 Å². The third-order valence-electron chi connectivity index (χ3n) is 2.95. The first-order valence-electron chi connectivity index (χ1n) is 6.12. The summed E-state index contributed by atoms with van der Waals surface area (Å²) < 4.78 is 0. The molecular weight excluding hydrogens is 256 g/mol. The summed E-state index contributed by atoms with van der Waals surface area (Å²) in [5.74, 6) is -1.11. The lowest BCUT2D eigenvalue weighted by atomic mass is 10.0. The molecule has 1 amide bonds. The molecule has 0 aromatic heterocycles. The van der Waals surface area contributed by atoms with Crippen LogP contribution >= 0.6 is 0 Å². The first-order valence-corrected chi connectivity index (χ1v) is 6.12. The fourth-order valence-electron chi connectivity index (χ4n) is 1.94. The Kier molecular flexibility index (Phi) is 3.79. The number of hydrogen-bond acceptors (Lipinski definition) is 4. The Labute approximate surface area is 116 Å². The second-order valence-corrected chi connectivity index (χ2v) is 4.60. The van der Waals surface area contributed by atoms with Crippen LogP contribution in [0.5, 0.6) is 11.5 Å². The van der Waals surface area contributed by atoms with Crippen LogP contribution < -0.4 is 11.1 Å². The molecule has 0 aliphatic carbocycles. The molecule has 1 atom stereocenters. The number of primary amides is 1. The summed E-state index contributed by atoms with van der Waals surface area (Å²) in [4.78, 5) is 11.6.